The molecule has 0 heterocycles. The average Bonchev–Trinajstić information content (AvgIpc) is 2.11. The van der Waals surface area contributed by atoms with Crippen LogP contribution in [0.25, 0.3) is 0 Å². The molecule has 0 radical (unpaired) electrons. The largest absolute Gasteiger partial charge is 0.351 e. The minimum Gasteiger partial charge on any atom is -0.351 e. The summed E-state index contributed by atoms with van der Waals surface area (Å²) >= 11 is 1.82. The molecule has 3 N–H and O–H groups in total. The highest BCUT2D eigenvalue weighted by Gasteiger charge is 2.27. The highest BCUT2D eigenvalue weighted by molar-refractivity contribution is 7.99. The molecule has 3 nitrogen and oxygen atoms in total. The lowest BCUT2D eigenvalue weighted by atomic mass is 9.87. The molecule has 0 aliphatic carbocycles. The van der Waals surface area contributed by atoms with E-state index in [9.17, 15) is 4.79 Å². The fourth-order valence-electron chi connectivity index (χ4n) is 1.06. The topological polar surface area (TPSA) is 55.1 Å². The molecule has 0 saturated heterocycles. The number of nitrogens with one attached hydrogen (secondary N) is 1. The Labute approximate surface area is 97.6 Å². The van der Waals surface area contributed by atoms with Gasteiger partial charge in [-0.15, -0.1) is 0 Å². The second-order valence-electron chi connectivity index (χ2n) is 4.91. The van der Waals surface area contributed by atoms with Crippen LogP contribution < -0.4 is 11.1 Å². The number of hydrogen-bond acceptors (Lipinski definition) is 3. The van der Waals surface area contributed by atoms with E-state index in [1.807, 2.05) is 39.5 Å². The monoisotopic (exact) mass is 232 g/mol. The van der Waals surface area contributed by atoms with E-state index in [4.69, 9.17) is 5.73 Å². The molecular weight excluding hydrogens is 208 g/mol. The minimum atomic E-state index is -0.438. The van der Waals surface area contributed by atoms with Gasteiger partial charge in [-0.1, -0.05) is 27.7 Å². The zero-order valence-electron chi connectivity index (χ0n) is 10.5. The minimum absolute atomic E-state index is 0.0493. The summed E-state index contributed by atoms with van der Waals surface area (Å²) in [4.78, 5) is 11.7. The average molecular weight is 232 g/mol. The molecule has 0 aromatic carbocycles. The van der Waals surface area contributed by atoms with E-state index in [2.05, 4.69) is 12.2 Å². The number of thioether (sulfide) groups is 1. The zero-order valence-corrected chi connectivity index (χ0v) is 11.3. The van der Waals surface area contributed by atoms with E-state index in [0.29, 0.717) is 0 Å². The maximum absolute atomic E-state index is 11.7. The van der Waals surface area contributed by atoms with Crippen molar-refractivity contribution in [3.05, 3.63) is 0 Å². The first-order chi connectivity index (χ1) is 6.79. The number of carbonyl (C=O) groups excluding carboxylic acids is 1. The highest BCUT2D eigenvalue weighted by Crippen LogP contribution is 2.17. The van der Waals surface area contributed by atoms with Crippen molar-refractivity contribution in [3.8, 4) is 0 Å². The molecule has 4 heteroatoms. The summed E-state index contributed by atoms with van der Waals surface area (Å²) in [5.41, 5.74) is 5.67. The third-order valence-electron chi connectivity index (χ3n) is 2.18. The third-order valence-corrected chi connectivity index (χ3v) is 3.32. The van der Waals surface area contributed by atoms with Gasteiger partial charge >= 0.3 is 0 Å². The van der Waals surface area contributed by atoms with Crippen molar-refractivity contribution >= 4 is 17.7 Å². The molecule has 15 heavy (non-hydrogen) atoms. The predicted molar refractivity (Wildman–Crippen MR) is 68.0 cm³/mol. The van der Waals surface area contributed by atoms with E-state index in [1.54, 1.807) is 0 Å². The summed E-state index contributed by atoms with van der Waals surface area (Å²) < 4.78 is 0. The van der Waals surface area contributed by atoms with Gasteiger partial charge in [-0.05, 0) is 18.1 Å². The van der Waals surface area contributed by atoms with Crippen LogP contribution in [0.15, 0.2) is 0 Å². The van der Waals surface area contributed by atoms with Gasteiger partial charge in [0.15, 0.2) is 0 Å². The van der Waals surface area contributed by atoms with Crippen LogP contribution in [0.5, 0.6) is 0 Å². The molecule has 0 aromatic heterocycles. The van der Waals surface area contributed by atoms with Crippen LogP contribution in [0.4, 0.5) is 0 Å². The summed E-state index contributed by atoms with van der Waals surface area (Å²) in [5.74, 6) is 1.97. The number of nitrogens with two attached hydrogens (primary N) is 1. The van der Waals surface area contributed by atoms with Gasteiger partial charge in [0, 0.05) is 11.8 Å². The van der Waals surface area contributed by atoms with Crippen LogP contribution in [0.1, 0.15) is 34.6 Å². The first-order valence-electron chi connectivity index (χ1n) is 5.42. The lowest BCUT2D eigenvalue weighted by Crippen LogP contribution is -2.51. The Kier molecular flexibility index (Phi) is 6.29. The molecule has 2 unspecified atom stereocenters. The Morgan fingerprint density at radius 2 is 2.00 bits per heavy atom. The van der Waals surface area contributed by atoms with Crippen LogP contribution in [-0.2, 0) is 4.79 Å². The molecule has 0 fully saturated rings. The Bertz CT molecular complexity index is 201. The van der Waals surface area contributed by atoms with Gasteiger partial charge in [0.25, 0.3) is 0 Å². The van der Waals surface area contributed by atoms with Gasteiger partial charge < -0.3 is 11.1 Å². The van der Waals surface area contributed by atoms with Gasteiger partial charge in [-0.3, -0.25) is 4.79 Å². The maximum atomic E-state index is 11.7. The first-order valence-corrected chi connectivity index (χ1v) is 6.58. The Morgan fingerprint density at radius 1 is 1.47 bits per heavy atom. The fraction of sp³-hybridized carbons (Fsp3) is 0.909. The van der Waals surface area contributed by atoms with Crippen LogP contribution >= 0.6 is 11.8 Å². The lowest BCUT2D eigenvalue weighted by molar-refractivity contribution is -0.124. The van der Waals surface area contributed by atoms with Gasteiger partial charge in [-0.2, -0.15) is 11.8 Å². The Balaban J connectivity index is 4.02. The van der Waals surface area contributed by atoms with Crippen molar-refractivity contribution < 1.29 is 4.79 Å². The zero-order chi connectivity index (χ0) is 12.1. The second kappa shape index (κ2) is 6.38. The quantitative estimate of drug-likeness (QED) is 0.757. The molecule has 1 amide bonds. The summed E-state index contributed by atoms with van der Waals surface area (Å²) in [5, 5.41) is 2.94. The van der Waals surface area contributed by atoms with E-state index >= 15 is 0 Å². The van der Waals surface area contributed by atoms with Crippen molar-refractivity contribution in [2.24, 2.45) is 11.1 Å². The summed E-state index contributed by atoms with van der Waals surface area (Å²) in [6, 6.07) is -0.248. The first kappa shape index (κ1) is 14.8. The smallest absolute Gasteiger partial charge is 0.237 e. The van der Waals surface area contributed by atoms with Gasteiger partial charge in [0.05, 0.1) is 6.04 Å². The normalized spacial score (nSPS) is 15.9. The van der Waals surface area contributed by atoms with E-state index < -0.39 is 6.04 Å². The maximum Gasteiger partial charge on any atom is 0.237 e. The summed E-state index contributed by atoms with van der Waals surface area (Å²) in [6.45, 7) is 10.0. The molecular formula is C11H24N2OS. The van der Waals surface area contributed by atoms with Crippen LogP contribution in [0.3, 0.4) is 0 Å². The lowest BCUT2D eigenvalue weighted by Gasteiger charge is -2.27. The van der Waals surface area contributed by atoms with Crippen molar-refractivity contribution in [1.82, 2.24) is 5.32 Å². The van der Waals surface area contributed by atoms with Gasteiger partial charge in [0.2, 0.25) is 5.91 Å². The SMILES string of the molecule is CCSCC(C)NC(=O)C(N)C(C)(C)C. The summed E-state index contributed by atoms with van der Waals surface area (Å²) in [7, 11) is 0. The van der Waals surface area contributed by atoms with Crippen molar-refractivity contribution in [3.63, 3.8) is 0 Å². The van der Waals surface area contributed by atoms with Crippen LogP contribution in [0.2, 0.25) is 0 Å². The molecule has 0 rings (SSSR count). The standard InChI is InChI=1S/C11H24N2OS/c1-6-15-7-8(2)13-10(14)9(12)11(3,4)5/h8-9H,6-7,12H2,1-5H3,(H,13,14). The van der Waals surface area contributed by atoms with Crippen molar-refractivity contribution in [2.45, 2.75) is 46.7 Å². The van der Waals surface area contributed by atoms with Crippen molar-refractivity contribution in [1.29, 1.82) is 0 Å². The molecule has 0 aliphatic heterocycles. The highest BCUT2D eigenvalue weighted by atomic mass is 32.2. The molecule has 90 valence electrons. The number of hydrogen-bond donors (Lipinski definition) is 2. The Hall–Kier alpha value is -0.220. The second-order valence-corrected chi connectivity index (χ2v) is 6.23. The summed E-state index contributed by atoms with van der Waals surface area (Å²) in [6.07, 6.45) is 0. The molecule has 0 aromatic rings. The fourth-order valence-corrected chi connectivity index (χ4v) is 1.73. The number of amides is 1. The van der Waals surface area contributed by atoms with Crippen LogP contribution in [-0.4, -0.2) is 29.5 Å². The molecule has 0 spiro atoms. The van der Waals surface area contributed by atoms with Crippen molar-refractivity contribution in [2.75, 3.05) is 11.5 Å². The molecule has 0 saturated carbocycles. The molecule has 2 atom stereocenters. The predicted octanol–water partition coefficient (Wildman–Crippen LogP) is 1.62. The third kappa shape index (κ3) is 6.05. The molecule has 0 bridgehead atoms. The van der Waals surface area contributed by atoms with Gasteiger partial charge in [-0.25, -0.2) is 0 Å². The Morgan fingerprint density at radius 3 is 2.40 bits per heavy atom. The van der Waals surface area contributed by atoms with E-state index in [1.165, 1.54) is 0 Å². The number of rotatable bonds is 5. The van der Waals surface area contributed by atoms with Gasteiger partial charge in [0.1, 0.15) is 0 Å². The van der Waals surface area contributed by atoms with Crippen LogP contribution in [0, 0.1) is 5.41 Å². The van der Waals surface area contributed by atoms with E-state index in [0.717, 1.165) is 11.5 Å². The van der Waals surface area contributed by atoms with E-state index in [-0.39, 0.29) is 17.4 Å². The molecule has 0 aliphatic rings. The number of carbonyl (C=O) groups is 1.